The summed E-state index contributed by atoms with van der Waals surface area (Å²) < 4.78 is 12.9. The van der Waals surface area contributed by atoms with E-state index in [0.29, 0.717) is 48.2 Å². The molecule has 1 atom stereocenters. The number of fused-ring (bicyclic) bond motifs is 1. The van der Waals surface area contributed by atoms with Gasteiger partial charge in [-0.3, -0.25) is 9.48 Å². The molecule has 0 spiro atoms. The van der Waals surface area contributed by atoms with Crippen LogP contribution < -0.4 is 20.1 Å². The number of hydrogen-bond donors (Lipinski definition) is 3. The summed E-state index contributed by atoms with van der Waals surface area (Å²) in [5, 5.41) is 22.1. The molecule has 11 nitrogen and oxygen atoms in total. The lowest BCUT2D eigenvalue weighted by Crippen LogP contribution is -2.40. The highest BCUT2D eigenvalue weighted by Crippen LogP contribution is 2.38. The van der Waals surface area contributed by atoms with Gasteiger partial charge in [0.05, 0.1) is 31.2 Å². The number of nitrogens with one attached hydrogen (secondary N) is 2. The summed E-state index contributed by atoms with van der Waals surface area (Å²) in [5.74, 6) is 1.81. The van der Waals surface area contributed by atoms with E-state index < -0.39 is 6.09 Å². The SMILES string of the molecule is COc1ccc(CNc2ncc(C)c3c2c(-c2ccc(C(=O)Nc4ccccc4)cc2)nn3C2CCCN(C(=O)O)C2)c(OC)c1. The van der Waals surface area contributed by atoms with Crippen LogP contribution in [0.5, 0.6) is 11.5 Å². The maximum atomic E-state index is 13.0. The summed E-state index contributed by atoms with van der Waals surface area (Å²) in [7, 11) is 3.24. The molecule has 5 aromatic rings. The topological polar surface area (TPSA) is 131 Å². The Bertz CT molecular complexity index is 1870. The second kappa shape index (κ2) is 13.2. The first-order valence-electron chi connectivity index (χ1n) is 15.1. The number of carboxylic acid groups (broad SMARTS) is 1. The van der Waals surface area contributed by atoms with Crippen molar-refractivity contribution in [3.63, 3.8) is 0 Å². The number of rotatable bonds is 9. The van der Waals surface area contributed by atoms with E-state index in [1.54, 1.807) is 26.4 Å². The van der Waals surface area contributed by atoms with Crippen molar-refractivity contribution < 1.29 is 24.2 Å². The number of aromatic nitrogens is 3. The summed E-state index contributed by atoms with van der Waals surface area (Å²) in [6, 6.07) is 22.2. The largest absolute Gasteiger partial charge is 0.497 e. The third kappa shape index (κ3) is 6.16. The maximum Gasteiger partial charge on any atom is 0.407 e. The monoisotopic (exact) mass is 620 g/mol. The zero-order chi connectivity index (χ0) is 32.2. The van der Waals surface area contributed by atoms with E-state index in [-0.39, 0.29) is 11.9 Å². The van der Waals surface area contributed by atoms with Gasteiger partial charge in [-0.15, -0.1) is 0 Å². The lowest BCUT2D eigenvalue weighted by molar-refractivity contribution is 0.102. The van der Waals surface area contributed by atoms with Crippen LogP contribution in [0.1, 0.15) is 40.4 Å². The molecule has 1 unspecified atom stereocenters. The van der Waals surface area contributed by atoms with Crippen LogP contribution in [0, 0.1) is 6.92 Å². The van der Waals surface area contributed by atoms with Crippen LogP contribution >= 0.6 is 0 Å². The fraction of sp³-hybridized carbons (Fsp3) is 0.257. The summed E-state index contributed by atoms with van der Waals surface area (Å²) >= 11 is 0. The molecular formula is C35H36N6O5. The van der Waals surface area contributed by atoms with Gasteiger partial charge in [0.2, 0.25) is 0 Å². The van der Waals surface area contributed by atoms with E-state index in [9.17, 15) is 14.7 Å². The van der Waals surface area contributed by atoms with E-state index in [0.717, 1.165) is 46.1 Å². The smallest absolute Gasteiger partial charge is 0.407 e. The Morgan fingerprint density at radius 3 is 2.52 bits per heavy atom. The van der Waals surface area contributed by atoms with Crippen LogP contribution in [-0.2, 0) is 6.54 Å². The number of hydrogen-bond acceptors (Lipinski definition) is 7. The minimum absolute atomic E-state index is 0.146. The first-order chi connectivity index (χ1) is 22.4. The van der Waals surface area contributed by atoms with Gasteiger partial charge in [-0.1, -0.05) is 30.3 Å². The van der Waals surface area contributed by atoms with Crippen LogP contribution in [-0.4, -0.2) is 64.1 Å². The molecule has 6 rings (SSSR count). The fourth-order valence-corrected chi connectivity index (χ4v) is 5.93. The molecule has 0 saturated carbocycles. The zero-order valence-corrected chi connectivity index (χ0v) is 26.0. The normalized spacial score (nSPS) is 14.6. The van der Waals surface area contributed by atoms with Crippen molar-refractivity contribution in [1.29, 1.82) is 0 Å². The van der Waals surface area contributed by atoms with Gasteiger partial charge >= 0.3 is 6.09 Å². The Hall–Kier alpha value is -5.58. The van der Waals surface area contributed by atoms with Crippen molar-refractivity contribution in [1.82, 2.24) is 19.7 Å². The van der Waals surface area contributed by atoms with Crippen molar-refractivity contribution in [2.75, 3.05) is 37.9 Å². The minimum atomic E-state index is -0.931. The second-order valence-corrected chi connectivity index (χ2v) is 11.3. The molecule has 2 amide bonds. The molecule has 2 aromatic heterocycles. The summed E-state index contributed by atoms with van der Waals surface area (Å²) in [4.78, 5) is 31.1. The predicted molar refractivity (Wildman–Crippen MR) is 177 cm³/mol. The number of likely N-dealkylation sites (tertiary alicyclic amines) is 1. The van der Waals surface area contributed by atoms with Crippen molar-refractivity contribution in [2.24, 2.45) is 0 Å². The van der Waals surface area contributed by atoms with E-state index in [2.05, 4.69) is 10.6 Å². The molecule has 1 aliphatic heterocycles. The van der Waals surface area contributed by atoms with Gasteiger partial charge in [0.1, 0.15) is 23.0 Å². The number of amides is 2. The first-order valence-corrected chi connectivity index (χ1v) is 15.1. The van der Waals surface area contributed by atoms with E-state index in [1.807, 2.05) is 78.5 Å². The lowest BCUT2D eigenvalue weighted by Gasteiger charge is -2.31. The summed E-state index contributed by atoms with van der Waals surface area (Å²) in [6.07, 6.45) is 2.42. The molecule has 1 saturated heterocycles. The Morgan fingerprint density at radius 1 is 1.02 bits per heavy atom. The van der Waals surface area contributed by atoms with E-state index >= 15 is 0 Å². The van der Waals surface area contributed by atoms with Crippen LogP contribution in [0.4, 0.5) is 16.3 Å². The number of carbonyl (C=O) groups is 2. The van der Waals surface area contributed by atoms with Gasteiger partial charge in [-0.25, -0.2) is 9.78 Å². The van der Waals surface area contributed by atoms with Crippen LogP contribution in [0.15, 0.2) is 79.0 Å². The van der Waals surface area contributed by atoms with E-state index in [1.165, 1.54) is 4.90 Å². The Morgan fingerprint density at radius 2 is 1.80 bits per heavy atom. The molecule has 0 aliphatic carbocycles. The van der Waals surface area contributed by atoms with Crippen LogP contribution in [0.3, 0.4) is 0 Å². The molecule has 3 N–H and O–H groups in total. The minimum Gasteiger partial charge on any atom is -0.497 e. The summed E-state index contributed by atoms with van der Waals surface area (Å²) in [5.41, 5.74) is 5.46. The van der Waals surface area contributed by atoms with Gasteiger partial charge in [0.15, 0.2) is 0 Å². The van der Waals surface area contributed by atoms with Gasteiger partial charge in [-0.2, -0.15) is 5.10 Å². The van der Waals surface area contributed by atoms with Crippen LogP contribution in [0.25, 0.3) is 22.2 Å². The second-order valence-electron chi connectivity index (χ2n) is 11.3. The molecule has 236 valence electrons. The molecule has 0 bridgehead atoms. The maximum absolute atomic E-state index is 13.0. The highest BCUT2D eigenvalue weighted by molar-refractivity contribution is 6.05. The highest BCUT2D eigenvalue weighted by Gasteiger charge is 2.29. The Kier molecular flexibility index (Phi) is 8.73. The number of aryl methyl sites for hydroxylation is 1. The predicted octanol–water partition coefficient (Wildman–Crippen LogP) is 6.60. The molecule has 1 aliphatic rings. The Labute approximate surface area is 266 Å². The van der Waals surface area contributed by atoms with Crippen molar-refractivity contribution in [2.45, 2.75) is 32.4 Å². The van der Waals surface area contributed by atoms with Crippen molar-refractivity contribution in [3.05, 3.63) is 95.7 Å². The number of pyridine rings is 1. The van der Waals surface area contributed by atoms with Gasteiger partial charge in [0.25, 0.3) is 5.91 Å². The standard InChI is InChI=1S/C35H36N6O5/c1-22-19-36-33(37-20-25-15-16-28(45-2)18-29(25)46-3)30-31(39-41(32(22)30)27-10-7-17-40(21-27)35(43)44)23-11-13-24(14-12-23)34(42)38-26-8-5-4-6-9-26/h4-6,8-9,11-16,18-19,27H,7,10,17,20-21H2,1-3H3,(H,36,37)(H,38,42)(H,43,44). The third-order valence-electron chi connectivity index (χ3n) is 8.31. The quantitative estimate of drug-likeness (QED) is 0.168. The van der Waals surface area contributed by atoms with Crippen molar-refractivity contribution in [3.8, 4) is 22.8 Å². The molecule has 46 heavy (non-hydrogen) atoms. The average Bonchev–Trinajstić information content (AvgIpc) is 3.50. The zero-order valence-electron chi connectivity index (χ0n) is 26.0. The number of nitrogens with zero attached hydrogens (tertiary/aromatic N) is 4. The average molecular weight is 621 g/mol. The summed E-state index contributed by atoms with van der Waals surface area (Å²) in [6.45, 7) is 3.26. The number of methoxy groups -OCH3 is 2. The van der Waals surface area contributed by atoms with Crippen molar-refractivity contribution >= 4 is 34.4 Å². The Balaban J connectivity index is 1.40. The van der Waals surface area contributed by atoms with Gasteiger partial charge < -0.3 is 30.1 Å². The number of anilines is 2. The first kappa shape index (κ1) is 30.4. The lowest BCUT2D eigenvalue weighted by atomic mass is 10.0. The highest BCUT2D eigenvalue weighted by atomic mass is 16.5. The molecule has 3 aromatic carbocycles. The number of ether oxygens (including phenoxy) is 2. The molecule has 3 heterocycles. The van der Waals surface area contributed by atoms with Gasteiger partial charge in [0, 0.05) is 54.3 Å². The number of benzene rings is 3. The third-order valence-corrected chi connectivity index (χ3v) is 8.31. The molecule has 1 fully saturated rings. The molecule has 11 heteroatoms. The van der Waals surface area contributed by atoms with Gasteiger partial charge in [-0.05, 0) is 61.7 Å². The number of para-hydroxylation sites is 1. The number of piperidine rings is 1. The fourth-order valence-electron chi connectivity index (χ4n) is 5.93. The number of carbonyl (C=O) groups excluding carboxylic acids is 1. The van der Waals surface area contributed by atoms with E-state index in [4.69, 9.17) is 19.6 Å². The van der Waals surface area contributed by atoms with Crippen LogP contribution in [0.2, 0.25) is 0 Å². The molecular weight excluding hydrogens is 584 g/mol. The molecule has 0 radical (unpaired) electrons.